The van der Waals surface area contributed by atoms with E-state index in [0.717, 1.165) is 5.56 Å². The van der Waals surface area contributed by atoms with E-state index in [0.29, 0.717) is 39.3 Å². The number of thiocarbonyl (C=S) groups is 1. The molecule has 0 atom stereocenters. The van der Waals surface area contributed by atoms with Crippen molar-refractivity contribution >= 4 is 35.1 Å². The standard InChI is InChI=1S/C19H19ClN4O2S/c1-3-22-19(27)24-23-11-13-8-16(20)18(17(9-13)25-2)26-12-15-7-5-4-6-14(15)10-21/h4-9,11H,3,12H2,1-2H3,(H2,22,24,27). The minimum Gasteiger partial charge on any atom is -0.493 e. The molecular weight excluding hydrogens is 384 g/mol. The zero-order chi connectivity index (χ0) is 19.6. The van der Waals surface area contributed by atoms with Gasteiger partial charge in [-0.3, -0.25) is 5.43 Å². The third kappa shape index (κ3) is 5.84. The van der Waals surface area contributed by atoms with Crippen molar-refractivity contribution in [1.29, 1.82) is 5.26 Å². The highest BCUT2D eigenvalue weighted by Gasteiger charge is 2.13. The molecule has 0 fully saturated rings. The monoisotopic (exact) mass is 402 g/mol. The molecule has 0 unspecified atom stereocenters. The zero-order valence-corrected chi connectivity index (χ0v) is 16.5. The summed E-state index contributed by atoms with van der Waals surface area (Å²) in [5, 5.41) is 17.0. The van der Waals surface area contributed by atoms with Crippen LogP contribution in [0, 0.1) is 11.3 Å². The zero-order valence-electron chi connectivity index (χ0n) is 15.0. The second kappa shape index (κ2) is 10.4. The van der Waals surface area contributed by atoms with Crippen LogP contribution in [0.2, 0.25) is 5.02 Å². The van der Waals surface area contributed by atoms with Gasteiger partial charge in [-0.1, -0.05) is 29.8 Å². The van der Waals surface area contributed by atoms with Crippen LogP contribution in [0.1, 0.15) is 23.6 Å². The van der Waals surface area contributed by atoms with Gasteiger partial charge in [0.2, 0.25) is 0 Å². The quantitative estimate of drug-likeness (QED) is 0.418. The average Bonchev–Trinajstić information content (AvgIpc) is 2.67. The Morgan fingerprint density at radius 2 is 2.15 bits per heavy atom. The molecule has 0 spiro atoms. The summed E-state index contributed by atoms with van der Waals surface area (Å²) in [5.41, 5.74) is 4.75. The fourth-order valence-corrected chi connectivity index (χ4v) is 2.70. The molecule has 0 radical (unpaired) electrons. The summed E-state index contributed by atoms with van der Waals surface area (Å²) in [6.45, 7) is 2.85. The minimum atomic E-state index is 0.200. The third-order valence-corrected chi connectivity index (χ3v) is 4.00. The Morgan fingerprint density at radius 3 is 2.85 bits per heavy atom. The topological polar surface area (TPSA) is 78.7 Å². The summed E-state index contributed by atoms with van der Waals surface area (Å²) in [5.74, 6) is 0.868. The van der Waals surface area contributed by atoms with Crippen molar-refractivity contribution in [3.63, 3.8) is 0 Å². The van der Waals surface area contributed by atoms with Gasteiger partial charge in [-0.05, 0) is 42.9 Å². The Labute approximate surface area is 168 Å². The lowest BCUT2D eigenvalue weighted by molar-refractivity contribution is 0.284. The normalized spacial score (nSPS) is 10.3. The number of hydrazone groups is 1. The number of halogens is 1. The maximum atomic E-state index is 9.17. The molecule has 0 heterocycles. The van der Waals surface area contributed by atoms with E-state index in [2.05, 4.69) is 21.9 Å². The smallest absolute Gasteiger partial charge is 0.186 e. The maximum Gasteiger partial charge on any atom is 0.186 e. The molecule has 0 aromatic heterocycles. The Bertz CT molecular complexity index is 880. The highest BCUT2D eigenvalue weighted by molar-refractivity contribution is 7.80. The first-order chi connectivity index (χ1) is 13.1. The number of hydrogen-bond acceptors (Lipinski definition) is 5. The third-order valence-electron chi connectivity index (χ3n) is 3.48. The maximum absolute atomic E-state index is 9.17. The van der Waals surface area contributed by atoms with Crippen molar-refractivity contribution in [3.05, 3.63) is 58.1 Å². The number of hydrogen-bond donors (Lipinski definition) is 2. The highest BCUT2D eigenvalue weighted by Crippen LogP contribution is 2.36. The van der Waals surface area contributed by atoms with Crippen LogP contribution in [0.4, 0.5) is 0 Å². The number of rotatable bonds is 7. The molecule has 2 rings (SSSR count). The molecule has 27 heavy (non-hydrogen) atoms. The molecule has 2 aromatic carbocycles. The second-order valence-corrected chi connectivity index (χ2v) is 6.14. The molecular formula is C19H19ClN4O2S. The van der Waals surface area contributed by atoms with Gasteiger partial charge in [0.05, 0.1) is 30.0 Å². The summed E-state index contributed by atoms with van der Waals surface area (Å²) in [6, 6.07) is 12.8. The largest absolute Gasteiger partial charge is 0.493 e. The first-order valence-corrected chi connectivity index (χ1v) is 8.92. The Hall–Kier alpha value is -2.82. The van der Waals surface area contributed by atoms with Crippen LogP contribution in [0.15, 0.2) is 41.5 Å². The van der Waals surface area contributed by atoms with Gasteiger partial charge in [-0.25, -0.2) is 0 Å². The lowest BCUT2D eigenvalue weighted by Gasteiger charge is -2.14. The molecule has 140 valence electrons. The van der Waals surface area contributed by atoms with Crippen molar-refractivity contribution < 1.29 is 9.47 Å². The first kappa shape index (κ1) is 20.5. The Morgan fingerprint density at radius 1 is 1.37 bits per heavy atom. The molecule has 0 aliphatic carbocycles. The van der Waals surface area contributed by atoms with E-state index in [1.54, 1.807) is 30.5 Å². The van der Waals surface area contributed by atoms with Gasteiger partial charge in [-0.15, -0.1) is 0 Å². The molecule has 0 bridgehead atoms. The first-order valence-electron chi connectivity index (χ1n) is 8.14. The van der Waals surface area contributed by atoms with Crippen molar-refractivity contribution in [2.45, 2.75) is 13.5 Å². The molecule has 2 N–H and O–H groups in total. The van der Waals surface area contributed by atoms with Crippen molar-refractivity contribution in [1.82, 2.24) is 10.7 Å². The molecule has 0 amide bonds. The predicted molar refractivity (Wildman–Crippen MR) is 110 cm³/mol. The van der Waals surface area contributed by atoms with E-state index in [1.165, 1.54) is 7.11 Å². The van der Waals surface area contributed by atoms with Crippen molar-refractivity contribution in [3.8, 4) is 17.6 Å². The molecule has 8 heteroatoms. The number of nitriles is 1. The summed E-state index contributed by atoms with van der Waals surface area (Å²) in [4.78, 5) is 0. The van der Waals surface area contributed by atoms with E-state index in [9.17, 15) is 5.26 Å². The van der Waals surface area contributed by atoms with Gasteiger partial charge in [0.25, 0.3) is 0 Å². The SMILES string of the molecule is CCNC(=S)NN=Cc1cc(Cl)c(OCc2ccccc2C#N)c(OC)c1. The lowest BCUT2D eigenvalue weighted by atomic mass is 10.1. The van der Waals surface area contributed by atoms with Crippen LogP contribution < -0.4 is 20.2 Å². The highest BCUT2D eigenvalue weighted by atomic mass is 35.5. The average molecular weight is 403 g/mol. The van der Waals surface area contributed by atoms with Gasteiger partial charge < -0.3 is 14.8 Å². The summed E-state index contributed by atoms with van der Waals surface area (Å²) >= 11 is 11.4. The van der Waals surface area contributed by atoms with Crippen LogP contribution in [0.25, 0.3) is 0 Å². The Kier molecular flexibility index (Phi) is 7.86. The van der Waals surface area contributed by atoms with Gasteiger partial charge in [0.1, 0.15) is 6.61 Å². The summed E-state index contributed by atoms with van der Waals surface area (Å²) in [7, 11) is 1.53. The van der Waals surface area contributed by atoms with Gasteiger partial charge in [-0.2, -0.15) is 10.4 Å². The number of nitrogens with zero attached hydrogens (tertiary/aromatic N) is 2. The molecule has 0 saturated heterocycles. The van der Waals surface area contributed by atoms with Crippen molar-refractivity contribution in [2.75, 3.05) is 13.7 Å². The molecule has 6 nitrogen and oxygen atoms in total. The number of nitrogens with one attached hydrogen (secondary N) is 2. The van der Waals surface area contributed by atoms with Gasteiger partial charge >= 0.3 is 0 Å². The van der Waals surface area contributed by atoms with Gasteiger partial charge in [0.15, 0.2) is 16.6 Å². The summed E-state index contributed by atoms with van der Waals surface area (Å²) < 4.78 is 11.2. The van der Waals surface area contributed by atoms with Crippen LogP contribution in [-0.2, 0) is 6.61 Å². The number of methoxy groups -OCH3 is 1. The van der Waals surface area contributed by atoms with Gasteiger partial charge in [0, 0.05) is 12.1 Å². The fourth-order valence-electron chi connectivity index (χ4n) is 2.23. The van der Waals surface area contributed by atoms with E-state index in [-0.39, 0.29) is 6.61 Å². The molecule has 0 aliphatic heterocycles. The van der Waals surface area contributed by atoms with E-state index < -0.39 is 0 Å². The van der Waals surface area contributed by atoms with E-state index in [1.807, 2.05) is 19.1 Å². The predicted octanol–water partition coefficient (Wildman–Crippen LogP) is 3.62. The fraction of sp³-hybridized carbons (Fsp3) is 0.211. The van der Waals surface area contributed by atoms with E-state index in [4.69, 9.17) is 33.3 Å². The van der Waals surface area contributed by atoms with Crippen LogP contribution in [-0.4, -0.2) is 25.0 Å². The molecule has 2 aromatic rings. The number of ether oxygens (including phenoxy) is 2. The molecule has 0 saturated carbocycles. The van der Waals surface area contributed by atoms with Crippen LogP contribution in [0.5, 0.6) is 11.5 Å². The second-order valence-electron chi connectivity index (χ2n) is 5.32. The van der Waals surface area contributed by atoms with Crippen molar-refractivity contribution in [2.24, 2.45) is 5.10 Å². The molecule has 0 aliphatic rings. The Balaban J connectivity index is 2.15. The number of benzene rings is 2. The summed E-state index contributed by atoms with van der Waals surface area (Å²) in [6.07, 6.45) is 1.58. The van der Waals surface area contributed by atoms with Crippen LogP contribution in [0.3, 0.4) is 0 Å². The minimum absolute atomic E-state index is 0.200. The lowest BCUT2D eigenvalue weighted by Crippen LogP contribution is -2.31. The van der Waals surface area contributed by atoms with Crippen LogP contribution >= 0.6 is 23.8 Å². The van der Waals surface area contributed by atoms with E-state index >= 15 is 0 Å².